The van der Waals surface area contributed by atoms with Crippen molar-refractivity contribution in [3.05, 3.63) is 95.8 Å². The molecule has 0 saturated carbocycles. The Hall–Kier alpha value is -2.84. The number of carbonyl (C=O) groups excluding carboxylic acids is 1. The van der Waals surface area contributed by atoms with E-state index in [-0.39, 0.29) is 11.2 Å². The highest BCUT2D eigenvalue weighted by molar-refractivity contribution is 5.72. The van der Waals surface area contributed by atoms with E-state index >= 15 is 0 Å². The molecule has 1 unspecified atom stereocenters. The number of likely N-dealkylation sites (N-methyl/N-ethyl adjacent to an activating group) is 1. The third-order valence-electron chi connectivity index (χ3n) is 6.90. The van der Waals surface area contributed by atoms with Crippen LogP contribution in [0.1, 0.15) is 50.8 Å². The van der Waals surface area contributed by atoms with Gasteiger partial charge >= 0.3 is 0 Å². The first-order valence-electron chi connectivity index (χ1n) is 13.5. The van der Waals surface area contributed by atoms with Crippen LogP contribution >= 0.6 is 0 Å². The van der Waals surface area contributed by atoms with E-state index in [0.29, 0.717) is 19.1 Å². The first kappa shape index (κ1) is 31.4. The summed E-state index contributed by atoms with van der Waals surface area (Å²) in [4.78, 5) is 15.9. The molecular weight excluding hydrogens is 477 g/mol. The summed E-state index contributed by atoms with van der Waals surface area (Å²) in [5.74, 6) is -0.646. The molecule has 1 atom stereocenters. The molecule has 208 valence electrons. The molecule has 6 nitrogen and oxygen atoms in total. The van der Waals surface area contributed by atoms with Gasteiger partial charge in [-0.05, 0) is 69.1 Å². The highest BCUT2D eigenvalue weighted by atomic mass is 19.2. The van der Waals surface area contributed by atoms with Crippen LogP contribution < -0.4 is 11.1 Å². The number of nitrogens with two attached hydrogens (primary N) is 1. The van der Waals surface area contributed by atoms with E-state index in [1.807, 2.05) is 27.0 Å². The molecule has 1 aromatic carbocycles. The smallest absolute Gasteiger partial charge is 0.251 e. The maximum absolute atomic E-state index is 13.7. The van der Waals surface area contributed by atoms with Crippen LogP contribution in [0.2, 0.25) is 0 Å². The van der Waals surface area contributed by atoms with Crippen molar-refractivity contribution in [3.8, 4) is 0 Å². The Morgan fingerprint density at radius 2 is 1.92 bits per heavy atom. The molecule has 1 amide bonds. The zero-order chi connectivity index (χ0) is 27.9. The van der Waals surface area contributed by atoms with Crippen molar-refractivity contribution in [2.24, 2.45) is 5.73 Å². The molecule has 1 saturated heterocycles. The van der Waals surface area contributed by atoms with E-state index < -0.39 is 5.91 Å². The predicted octanol–water partition coefficient (Wildman–Crippen LogP) is 5.05. The summed E-state index contributed by atoms with van der Waals surface area (Å²) < 4.78 is 13.7. The van der Waals surface area contributed by atoms with Crippen LogP contribution in [0, 0.1) is 0 Å². The van der Waals surface area contributed by atoms with Crippen molar-refractivity contribution >= 4 is 5.91 Å². The lowest BCUT2D eigenvalue weighted by molar-refractivity contribution is -0.137. The van der Waals surface area contributed by atoms with Crippen LogP contribution in [-0.4, -0.2) is 66.6 Å². The quantitative estimate of drug-likeness (QED) is 0.264. The summed E-state index contributed by atoms with van der Waals surface area (Å²) >= 11 is 0. The number of hydrogen-bond donors (Lipinski definition) is 2. The molecule has 0 aliphatic carbocycles. The number of nitrogens with zero attached hydrogens (tertiary/aromatic N) is 3. The minimum atomic E-state index is -0.646. The number of amides is 1. The molecule has 1 heterocycles. The van der Waals surface area contributed by atoms with E-state index in [0.717, 1.165) is 55.7 Å². The number of piperidine rings is 1. The molecular formula is C31H46FN5O. The molecule has 3 N–H and O–H groups in total. The van der Waals surface area contributed by atoms with E-state index in [1.165, 1.54) is 18.7 Å². The Labute approximate surface area is 229 Å². The summed E-state index contributed by atoms with van der Waals surface area (Å²) in [6.45, 7) is 14.2. The van der Waals surface area contributed by atoms with E-state index in [2.05, 4.69) is 64.2 Å². The second kappa shape index (κ2) is 16.9. The minimum absolute atomic E-state index is 0.0610. The first-order chi connectivity index (χ1) is 18.3. The molecule has 0 spiro atoms. The number of carbonyl (C=O) groups is 1. The summed E-state index contributed by atoms with van der Waals surface area (Å²) in [7, 11) is 2.01. The molecule has 0 radical (unpaired) electrons. The summed E-state index contributed by atoms with van der Waals surface area (Å²) in [6, 6.07) is 9.33. The molecule has 2 rings (SSSR count). The zero-order valence-electron chi connectivity index (χ0n) is 23.6. The van der Waals surface area contributed by atoms with Gasteiger partial charge in [-0.15, -0.1) is 0 Å². The average Bonchev–Trinajstić information content (AvgIpc) is 2.92. The zero-order valence-corrected chi connectivity index (χ0v) is 23.6. The number of rotatable bonds is 14. The Morgan fingerprint density at radius 1 is 1.24 bits per heavy atom. The normalized spacial score (nSPS) is 17.0. The number of likely N-dealkylation sites (tertiary alicyclic amines) is 1. The highest BCUT2D eigenvalue weighted by Crippen LogP contribution is 2.33. The molecule has 38 heavy (non-hydrogen) atoms. The lowest BCUT2D eigenvalue weighted by atomic mass is 9.90. The fourth-order valence-corrected chi connectivity index (χ4v) is 4.85. The van der Waals surface area contributed by atoms with Gasteiger partial charge in [0, 0.05) is 45.3 Å². The number of halogens is 1. The Balaban J connectivity index is 2.22. The standard InChI is InChI=1S/C31H46FN5O/c1-6-9-11-27(7-2)30(8-3)31(35(5)20-10-21-37(32)25(4)38)28-14-12-26(13-15-28)24-36-22-16-29(17-23-36)34-19-18-33/h6-15,21,29,31,34H,1,16-20,22-24,33H2,2-5H3/b11-9-,21-10+,27-7+,30-8-. The van der Waals surface area contributed by atoms with Gasteiger partial charge in [-0.3, -0.25) is 14.6 Å². The Bertz CT molecular complexity index is 990. The van der Waals surface area contributed by atoms with Gasteiger partial charge in [0.05, 0.1) is 6.04 Å². The molecule has 0 bridgehead atoms. The topological polar surface area (TPSA) is 64.8 Å². The third kappa shape index (κ3) is 9.80. The van der Waals surface area contributed by atoms with Gasteiger partial charge in [0.1, 0.15) is 0 Å². The SMILES string of the molecule is C=C\C=C/C(=C\C)C(=C/C)/C(c1ccc(CN2CCC(NCCN)CC2)cc1)N(C)C/C=C/N(F)C(C)=O. The van der Waals surface area contributed by atoms with Gasteiger partial charge in [-0.1, -0.05) is 71.8 Å². The summed E-state index contributed by atoms with van der Waals surface area (Å²) in [5, 5.41) is 3.64. The first-order valence-corrected chi connectivity index (χ1v) is 13.5. The van der Waals surface area contributed by atoms with Crippen LogP contribution in [0.25, 0.3) is 0 Å². The van der Waals surface area contributed by atoms with E-state index in [4.69, 9.17) is 5.73 Å². The predicted molar refractivity (Wildman–Crippen MR) is 157 cm³/mol. The van der Waals surface area contributed by atoms with Crippen LogP contribution in [0.15, 0.2) is 84.6 Å². The Kier molecular flexibility index (Phi) is 13.9. The lowest BCUT2D eigenvalue weighted by Crippen LogP contribution is -2.43. The van der Waals surface area contributed by atoms with Crippen LogP contribution in [-0.2, 0) is 11.3 Å². The number of benzene rings is 1. The van der Waals surface area contributed by atoms with Gasteiger partial charge in [0.2, 0.25) is 0 Å². The highest BCUT2D eigenvalue weighted by Gasteiger charge is 2.23. The summed E-state index contributed by atoms with van der Waals surface area (Å²) in [5.41, 5.74) is 10.3. The van der Waals surface area contributed by atoms with Gasteiger partial charge in [-0.2, -0.15) is 5.12 Å². The molecule has 7 heteroatoms. The van der Waals surface area contributed by atoms with Gasteiger partial charge in [-0.25, -0.2) is 0 Å². The van der Waals surface area contributed by atoms with Crippen molar-refractivity contribution in [1.82, 2.24) is 20.2 Å². The maximum Gasteiger partial charge on any atom is 0.251 e. The van der Waals surface area contributed by atoms with E-state index in [1.54, 1.807) is 12.2 Å². The van der Waals surface area contributed by atoms with Crippen LogP contribution in [0.4, 0.5) is 4.48 Å². The average molecular weight is 524 g/mol. The van der Waals surface area contributed by atoms with Crippen molar-refractivity contribution < 1.29 is 9.28 Å². The van der Waals surface area contributed by atoms with Crippen LogP contribution in [0.5, 0.6) is 0 Å². The fourth-order valence-electron chi connectivity index (χ4n) is 4.85. The van der Waals surface area contributed by atoms with E-state index in [9.17, 15) is 9.28 Å². The number of hydrogen-bond acceptors (Lipinski definition) is 5. The molecule has 1 aliphatic rings. The van der Waals surface area contributed by atoms with Gasteiger partial charge in [0.15, 0.2) is 0 Å². The Morgan fingerprint density at radius 3 is 2.47 bits per heavy atom. The lowest BCUT2D eigenvalue weighted by Gasteiger charge is -2.33. The number of nitrogens with one attached hydrogen (secondary N) is 1. The fraction of sp³-hybridized carbons (Fsp3) is 0.452. The van der Waals surface area contributed by atoms with Gasteiger partial charge in [0.25, 0.3) is 5.91 Å². The largest absolute Gasteiger partial charge is 0.329 e. The molecule has 1 aromatic rings. The van der Waals surface area contributed by atoms with Crippen molar-refractivity contribution in [2.75, 3.05) is 39.8 Å². The third-order valence-corrected chi connectivity index (χ3v) is 6.90. The van der Waals surface area contributed by atoms with Crippen LogP contribution in [0.3, 0.4) is 0 Å². The number of allylic oxidation sites excluding steroid dienone is 5. The summed E-state index contributed by atoms with van der Waals surface area (Å²) in [6.07, 6.45) is 15.1. The second-order valence-corrected chi connectivity index (χ2v) is 9.67. The van der Waals surface area contributed by atoms with Crippen molar-refractivity contribution in [3.63, 3.8) is 0 Å². The second-order valence-electron chi connectivity index (χ2n) is 9.67. The molecule has 1 aliphatic heterocycles. The minimum Gasteiger partial charge on any atom is -0.329 e. The van der Waals surface area contributed by atoms with Crippen molar-refractivity contribution in [2.45, 2.75) is 52.2 Å². The molecule has 0 aromatic heterocycles. The monoisotopic (exact) mass is 523 g/mol. The van der Waals surface area contributed by atoms with Gasteiger partial charge < -0.3 is 11.1 Å². The van der Waals surface area contributed by atoms with Crippen molar-refractivity contribution in [1.29, 1.82) is 0 Å². The molecule has 1 fully saturated rings. The maximum atomic E-state index is 13.7.